The van der Waals surface area contributed by atoms with Crippen molar-refractivity contribution in [2.45, 2.75) is 0 Å². The number of ketones is 1. The second-order valence-electron chi connectivity index (χ2n) is 5.53. The monoisotopic (exact) mass is 305 g/mol. The van der Waals surface area contributed by atoms with Crippen LogP contribution < -0.4 is 5.56 Å². The van der Waals surface area contributed by atoms with E-state index in [2.05, 4.69) is 0 Å². The molecule has 2 aromatic carbocycles. The Morgan fingerprint density at radius 2 is 1.70 bits per heavy atom. The summed E-state index contributed by atoms with van der Waals surface area (Å²) in [6.07, 6.45) is 0. The van der Waals surface area contributed by atoms with Crippen LogP contribution in [0.2, 0.25) is 0 Å². The fraction of sp³-hybridized carbons (Fsp3) is 0.0556. The molecule has 0 atom stereocenters. The van der Waals surface area contributed by atoms with Gasteiger partial charge in [0.2, 0.25) is 0 Å². The summed E-state index contributed by atoms with van der Waals surface area (Å²) in [6, 6.07) is 11.4. The van der Waals surface area contributed by atoms with Crippen molar-refractivity contribution in [3.8, 4) is 11.3 Å². The number of pyridine rings is 1. The van der Waals surface area contributed by atoms with Crippen LogP contribution in [0.1, 0.15) is 26.3 Å². The van der Waals surface area contributed by atoms with Crippen molar-refractivity contribution >= 4 is 22.5 Å². The number of hydrogen-bond acceptors (Lipinski definition) is 3. The van der Waals surface area contributed by atoms with Gasteiger partial charge in [-0.1, -0.05) is 30.3 Å². The van der Waals surface area contributed by atoms with E-state index in [1.165, 1.54) is 16.7 Å². The lowest BCUT2D eigenvalue weighted by Crippen LogP contribution is -2.20. The summed E-state index contributed by atoms with van der Waals surface area (Å²) in [5, 5.41) is 9.85. The first-order valence-corrected chi connectivity index (χ1v) is 7.05. The van der Waals surface area contributed by atoms with Crippen LogP contribution in [0.15, 0.2) is 47.3 Å². The highest BCUT2D eigenvalue weighted by Gasteiger charge is 2.31. The smallest absolute Gasteiger partial charge is 0.335 e. The van der Waals surface area contributed by atoms with Crippen molar-refractivity contribution in [3.63, 3.8) is 0 Å². The molecule has 0 unspecified atom stereocenters. The lowest BCUT2D eigenvalue weighted by atomic mass is 10.0. The molecule has 1 N–H and O–H groups in total. The van der Waals surface area contributed by atoms with Crippen LogP contribution in [0.25, 0.3) is 22.0 Å². The minimum Gasteiger partial charge on any atom is -0.478 e. The van der Waals surface area contributed by atoms with Gasteiger partial charge in [0.25, 0.3) is 5.56 Å². The Labute approximate surface area is 130 Å². The molecular formula is C18H11NO4. The first kappa shape index (κ1) is 13.5. The Morgan fingerprint density at radius 3 is 2.39 bits per heavy atom. The standard InChI is InChI=1S/C18H11NO4/c1-19-15-11-4-2-3-5-12(11)16(20)14(15)10-7-6-9(18(22)23)8-13(10)17(19)21/h2-8H,1H3,(H,22,23). The topological polar surface area (TPSA) is 76.4 Å². The summed E-state index contributed by atoms with van der Waals surface area (Å²) in [7, 11) is 1.60. The summed E-state index contributed by atoms with van der Waals surface area (Å²) < 4.78 is 1.42. The zero-order valence-corrected chi connectivity index (χ0v) is 12.2. The van der Waals surface area contributed by atoms with E-state index in [1.54, 1.807) is 25.2 Å². The fourth-order valence-corrected chi connectivity index (χ4v) is 3.22. The third kappa shape index (κ3) is 1.64. The molecule has 0 spiro atoms. The van der Waals surface area contributed by atoms with Crippen molar-refractivity contribution < 1.29 is 14.7 Å². The Kier molecular flexibility index (Phi) is 2.57. The van der Waals surface area contributed by atoms with Gasteiger partial charge in [-0.25, -0.2) is 4.79 Å². The van der Waals surface area contributed by atoms with E-state index in [1.807, 2.05) is 12.1 Å². The number of carbonyl (C=O) groups excluding carboxylic acids is 1. The molecule has 1 aliphatic rings. The molecule has 0 fully saturated rings. The molecule has 112 valence electrons. The maximum absolute atomic E-state index is 12.8. The number of aromatic nitrogens is 1. The molecule has 1 aliphatic carbocycles. The van der Waals surface area contributed by atoms with Gasteiger partial charge in [-0.3, -0.25) is 9.59 Å². The van der Waals surface area contributed by atoms with E-state index < -0.39 is 5.97 Å². The molecule has 1 heterocycles. The predicted octanol–water partition coefficient (Wildman–Crippen LogP) is 2.45. The van der Waals surface area contributed by atoms with Crippen LogP contribution in [0, 0.1) is 0 Å². The number of rotatable bonds is 1. The number of hydrogen-bond donors (Lipinski definition) is 1. The summed E-state index contributed by atoms with van der Waals surface area (Å²) in [6.45, 7) is 0. The maximum atomic E-state index is 12.8. The van der Waals surface area contributed by atoms with Crippen LogP contribution in [-0.4, -0.2) is 21.4 Å². The highest BCUT2D eigenvalue weighted by Crippen LogP contribution is 2.38. The van der Waals surface area contributed by atoms with Crippen molar-refractivity contribution in [1.82, 2.24) is 4.57 Å². The molecule has 5 nitrogen and oxygen atoms in total. The van der Waals surface area contributed by atoms with Gasteiger partial charge >= 0.3 is 5.97 Å². The van der Waals surface area contributed by atoms with E-state index in [-0.39, 0.29) is 22.3 Å². The number of fused-ring (bicyclic) bond motifs is 5. The molecule has 0 aliphatic heterocycles. The number of aromatic carboxylic acids is 1. The Morgan fingerprint density at radius 1 is 1.00 bits per heavy atom. The molecule has 5 heteroatoms. The Balaban J connectivity index is 2.20. The van der Waals surface area contributed by atoms with Gasteiger partial charge in [0.1, 0.15) is 0 Å². The molecule has 0 bridgehead atoms. The third-order valence-corrected chi connectivity index (χ3v) is 4.30. The quantitative estimate of drug-likeness (QED) is 0.586. The third-order valence-electron chi connectivity index (χ3n) is 4.30. The van der Waals surface area contributed by atoms with E-state index in [0.717, 1.165) is 5.56 Å². The Hall–Kier alpha value is -3.21. The summed E-state index contributed by atoms with van der Waals surface area (Å²) in [5.74, 6) is -1.25. The molecule has 3 aromatic rings. The largest absolute Gasteiger partial charge is 0.478 e. The lowest BCUT2D eigenvalue weighted by molar-refractivity contribution is 0.0697. The number of nitrogens with zero attached hydrogens (tertiary/aromatic N) is 1. The summed E-state index contributed by atoms with van der Waals surface area (Å²) >= 11 is 0. The average molecular weight is 305 g/mol. The van der Waals surface area contributed by atoms with Gasteiger partial charge in [0.05, 0.1) is 16.8 Å². The highest BCUT2D eigenvalue weighted by atomic mass is 16.4. The van der Waals surface area contributed by atoms with Crippen LogP contribution >= 0.6 is 0 Å². The van der Waals surface area contributed by atoms with Crippen LogP contribution in [0.3, 0.4) is 0 Å². The van der Waals surface area contributed by atoms with Gasteiger partial charge in [0.15, 0.2) is 5.78 Å². The molecule has 1 aromatic heterocycles. The van der Waals surface area contributed by atoms with Crippen molar-refractivity contribution in [1.29, 1.82) is 0 Å². The first-order chi connectivity index (χ1) is 11.0. The highest BCUT2D eigenvalue weighted by molar-refractivity contribution is 6.26. The molecular weight excluding hydrogens is 294 g/mol. The normalized spacial score (nSPS) is 12.3. The summed E-state index contributed by atoms with van der Waals surface area (Å²) in [4.78, 5) is 36.5. The zero-order chi connectivity index (χ0) is 16.3. The molecule has 0 radical (unpaired) electrons. The first-order valence-electron chi connectivity index (χ1n) is 7.05. The SMILES string of the molecule is Cn1c2c(c3ccc(C(=O)O)cc3c1=O)C(=O)c1ccccc1-2. The zero-order valence-electron chi connectivity index (χ0n) is 12.2. The number of carboxylic acids is 1. The molecule has 4 rings (SSSR count). The predicted molar refractivity (Wildman–Crippen MR) is 85.0 cm³/mol. The Bertz CT molecular complexity index is 1090. The number of carboxylic acid groups (broad SMARTS) is 1. The second-order valence-corrected chi connectivity index (χ2v) is 5.53. The van der Waals surface area contributed by atoms with Crippen molar-refractivity contribution in [2.24, 2.45) is 7.05 Å². The molecule has 0 saturated carbocycles. The minimum atomic E-state index is -1.11. The van der Waals surface area contributed by atoms with Crippen LogP contribution in [-0.2, 0) is 7.05 Å². The van der Waals surface area contributed by atoms with E-state index in [9.17, 15) is 14.4 Å². The fourth-order valence-electron chi connectivity index (χ4n) is 3.22. The maximum Gasteiger partial charge on any atom is 0.335 e. The minimum absolute atomic E-state index is 0.0255. The van der Waals surface area contributed by atoms with Crippen LogP contribution in [0.4, 0.5) is 0 Å². The van der Waals surface area contributed by atoms with Gasteiger partial charge in [-0.2, -0.15) is 0 Å². The van der Waals surface area contributed by atoms with E-state index in [0.29, 0.717) is 22.2 Å². The number of benzene rings is 2. The van der Waals surface area contributed by atoms with E-state index in [4.69, 9.17) is 5.11 Å². The average Bonchev–Trinajstić information content (AvgIpc) is 2.86. The van der Waals surface area contributed by atoms with Crippen molar-refractivity contribution in [3.05, 3.63) is 69.5 Å². The van der Waals surface area contributed by atoms with Gasteiger partial charge in [0, 0.05) is 28.9 Å². The molecule has 0 saturated heterocycles. The van der Waals surface area contributed by atoms with Gasteiger partial charge in [-0.05, 0) is 12.1 Å². The van der Waals surface area contributed by atoms with Gasteiger partial charge < -0.3 is 9.67 Å². The van der Waals surface area contributed by atoms with E-state index >= 15 is 0 Å². The van der Waals surface area contributed by atoms with Crippen molar-refractivity contribution in [2.75, 3.05) is 0 Å². The second kappa shape index (κ2) is 4.39. The van der Waals surface area contributed by atoms with Gasteiger partial charge in [-0.15, -0.1) is 0 Å². The molecule has 0 amide bonds. The number of carbonyl (C=O) groups is 2. The summed E-state index contributed by atoms with van der Waals surface area (Å²) in [5.41, 5.74) is 2.05. The molecule has 23 heavy (non-hydrogen) atoms. The van der Waals surface area contributed by atoms with Crippen LogP contribution in [0.5, 0.6) is 0 Å². The lowest BCUT2D eigenvalue weighted by Gasteiger charge is -2.11.